The van der Waals surface area contributed by atoms with E-state index < -0.39 is 5.97 Å². The average molecular weight is 344 g/mol. The van der Waals surface area contributed by atoms with Crippen LogP contribution in [-0.2, 0) is 23.7 Å². The molecule has 0 fully saturated rings. The van der Waals surface area contributed by atoms with Crippen LogP contribution in [0.3, 0.4) is 0 Å². The molecule has 1 atom stereocenters. The number of carbonyl (C=O) groups excluding carboxylic acids is 1. The van der Waals surface area contributed by atoms with Crippen molar-refractivity contribution in [2.45, 2.75) is 71.2 Å². The summed E-state index contributed by atoms with van der Waals surface area (Å²) in [6.07, 6.45) is 8.81. The predicted molar refractivity (Wildman–Crippen MR) is 95.6 cm³/mol. The van der Waals surface area contributed by atoms with Gasteiger partial charge in [-0.15, -0.1) is 0 Å². The van der Waals surface area contributed by atoms with Crippen LogP contribution in [0.1, 0.15) is 65.2 Å². The minimum atomic E-state index is -1.10. The van der Waals surface area contributed by atoms with Gasteiger partial charge in [-0.05, 0) is 19.8 Å². The highest BCUT2D eigenvalue weighted by Crippen LogP contribution is 2.31. The fourth-order valence-corrected chi connectivity index (χ4v) is 2.84. The lowest BCUT2D eigenvalue weighted by molar-refractivity contribution is -0.380. The van der Waals surface area contributed by atoms with Gasteiger partial charge in [0.1, 0.15) is 0 Å². The molecule has 0 aromatic rings. The number of hydrogen-bond acceptors (Lipinski definition) is 5. The molecule has 0 aliphatic carbocycles. The van der Waals surface area contributed by atoms with E-state index in [0.29, 0.717) is 18.6 Å². The highest BCUT2D eigenvalue weighted by Gasteiger charge is 2.39. The number of rotatable bonds is 15. The van der Waals surface area contributed by atoms with E-state index in [1.807, 2.05) is 0 Å². The van der Waals surface area contributed by atoms with Gasteiger partial charge in [-0.1, -0.05) is 52.0 Å². The highest BCUT2D eigenvalue weighted by atomic mass is 16.9. The maximum Gasteiger partial charge on any atom is 0.333 e. The van der Waals surface area contributed by atoms with Crippen molar-refractivity contribution in [2.24, 2.45) is 5.92 Å². The Bertz CT molecular complexity index is 341. The SMILES string of the molecule is C=C(C)C(=O)OCCC(CCCCCCCC)C(OC)(OC)OC. The Hall–Kier alpha value is -0.910. The van der Waals surface area contributed by atoms with Gasteiger partial charge in [0.2, 0.25) is 0 Å². The molecule has 0 radical (unpaired) electrons. The lowest BCUT2D eigenvalue weighted by Crippen LogP contribution is -2.44. The van der Waals surface area contributed by atoms with Crippen molar-refractivity contribution in [1.29, 1.82) is 0 Å². The van der Waals surface area contributed by atoms with Gasteiger partial charge in [-0.25, -0.2) is 4.79 Å². The van der Waals surface area contributed by atoms with Crippen LogP contribution in [-0.4, -0.2) is 39.9 Å². The first-order valence-corrected chi connectivity index (χ1v) is 8.95. The van der Waals surface area contributed by atoms with Crippen LogP contribution in [0.15, 0.2) is 12.2 Å². The molecule has 0 amide bonds. The molecule has 0 aliphatic rings. The van der Waals surface area contributed by atoms with Gasteiger partial charge in [0.15, 0.2) is 0 Å². The van der Waals surface area contributed by atoms with E-state index in [9.17, 15) is 4.79 Å². The maximum atomic E-state index is 11.5. The Kier molecular flexibility index (Phi) is 12.9. The van der Waals surface area contributed by atoms with E-state index in [2.05, 4.69) is 13.5 Å². The Morgan fingerprint density at radius 3 is 2.00 bits per heavy atom. The van der Waals surface area contributed by atoms with E-state index in [4.69, 9.17) is 18.9 Å². The predicted octanol–water partition coefficient (Wildman–Crippen LogP) is 4.46. The van der Waals surface area contributed by atoms with Crippen LogP contribution in [0.25, 0.3) is 0 Å². The fourth-order valence-electron chi connectivity index (χ4n) is 2.84. The van der Waals surface area contributed by atoms with Gasteiger partial charge in [0.05, 0.1) is 6.61 Å². The molecule has 0 saturated carbocycles. The third-order valence-electron chi connectivity index (χ3n) is 4.31. The summed E-state index contributed by atoms with van der Waals surface area (Å²) in [4.78, 5) is 11.5. The molecule has 1 unspecified atom stereocenters. The molecule has 0 aromatic carbocycles. The standard InChI is InChI=1S/C19H36O5/c1-7-8-9-10-11-12-13-17(19(21-4,22-5)23-6)14-15-24-18(20)16(2)3/h17H,2,7-15H2,1,3-6H3. The summed E-state index contributed by atoms with van der Waals surface area (Å²) in [6.45, 7) is 7.74. The molecule has 5 nitrogen and oxygen atoms in total. The number of ether oxygens (including phenoxy) is 4. The molecule has 0 aliphatic heterocycles. The van der Waals surface area contributed by atoms with E-state index >= 15 is 0 Å². The normalized spacial score (nSPS) is 12.9. The zero-order chi connectivity index (χ0) is 18.4. The zero-order valence-electron chi connectivity index (χ0n) is 16.2. The molecule has 142 valence electrons. The van der Waals surface area contributed by atoms with Crippen LogP contribution < -0.4 is 0 Å². The Morgan fingerprint density at radius 2 is 1.50 bits per heavy atom. The Balaban J connectivity index is 4.54. The molecule has 0 heterocycles. The molecule has 5 heteroatoms. The summed E-state index contributed by atoms with van der Waals surface area (Å²) in [5, 5.41) is 0. The van der Waals surface area contributed by atoms with Crippen molar-refractivity contribution in [3.8, 4) is 0 Å². The largest absolute Gasteiger partial charge is 0.462 e. The van der Waals surface area contributed by atoms with Crippen molar-refractivity contribution >= 4 is 5.97 Å². The molecular weight excluding hydrogens is 308 g/mol. The smallest absolute Gasteiger partial charge is 0.333 e. The van der Waals surface area contributed by atoms with Crippen LogP contribution in [0.4, 0.5) is 0 Å². The van der Waals surface area contributed by atoms with Gasteiger partial charge in [-0.3, -0.25) is 0 Å². The number of hydrogen-bond donors (Lipinski definition) is 0. The minimum absolute atomic E-state index is 0.0124. The van der Waals surface area contributed by atoms with E-state index in [1.165, 1.54) is 32.1 Å². The number of esters is 1. The maximum absolute atomic E-state index is 11.5. The summed E-state index contributed by atoms with van der Waals surface area (Å²) < 4.78 is 21.7. The molecule has 0 N–H and O–H groups in total. The van der Waals surface area contributed by atoms with Gasteiger partial charge >= 0.3 is 5.97 Å². The van der Waals surface area contributed by atoms with Crippen molar-refractivity contribution in [3.05, 3.63) is 12.2 Å². The third-order valence-corrected chi connectivity index (χ3v) is 4.31. The van der Waals surface area contributed by atoms with Gasteiger partial charge < -0.3 is 18.9 Å². The van der Waals surface area contributed by atoms with Crippen LogP contribution in [0.2, 0.25) is 0 Å². The quantitative estimate of drug-likeness (QED) is 0.190. The minimum Gasteiger partial charge on any atom is -0.462 e. The topological polar surface area (TPSA) is 54.0 Å². The lowest BCUT2D eigenvalue weighted by Gasteiger charge is -2.36. The molecular formula is C19H36O5. The molecule has 0 rings (SSSR count). The molecule has 0 bridgehead atoms. The van der Waals surface area contributed by atoms with Gasteiger partial charge in [-0.2, -0.15) is 0 Å². The molecule has 0 spiro atoms. The van der Waals surface area contributed by atoms with E-state index in [-0.39, 0.29) is 11.9 Å². The van der Waals surface area contributed by atoms with Crippen molar-refractivity contribution in [1.82, 2.24) is 0 Å². The van der Waals surface area contributed by atoms with Gasteiger partial charge in [0, 0.05) is 32.8 Å². The lowest BCUT2D eigenvalue weighted by atomic mass is 9.94. The van der Waals surface area contributed by atoms with Crippen LogP contribution in [0.5, 0.6) is 0 Å². The van der Waals surface area contributed by atoms with Crippen molar-refractivity contribution in [2.75, 3.05) is 27.9 Å². The zero-order valence-corrected chi connectivity index (χ0v) is 16.2. The average Bonchev–Trinajstić information content (AvgIpc) is 2.58. The third kappa shape index (κ3) is 8.27. The van der Waals surface area contributed by atoms with Crippen molar-refractivity contribution in [3.63, 3.8) is 0 Å². The molecule has 0 aromatic heterocycles. The number of methoxy groups -OCH3 is 3. The molecule has 0 saturated heterocycles. The summed E-state index contributed by atoms with van der Waals surface area (Å²) >= 11 is 0. The van der Waals surface area contributed by atoms with Crippen LogP contribution >= 0.6 is 0 Å². The van der Waals surface area contributed by atoms with E-state index in [0.717, 1.165) is 12.8 Å². The van der Waals surface area contributed by atoms with E-state index in [1.54, 1.807) is 28.3 Å². The Morgan fingerprint density at radius 1 is 0.958 bits per heavy atom. The Labute approximate surface area is 147 Å². The summed E-state index contributed by atoms with van der Waals surface area (Å²) in [5.74, 6) is -1.48. The van der Waals surface area contributed by atoms with Crippen LogP contribution in [0, 0.1) is 5.92 Å². The van der Waals surface area contributed by atoms with Crippen molar-refractivity contribution < 1.29 is 23.7 Å². The first kappa shape index (κ1) is 23.1. The number of unbranched alkanes of at least 4 members (excludes halogenated alkanes) is 5. The second kappa shape index (κ2) is 13.4. The summed E-state index contributed by atoms with van der Waals surface area (Å²) in [7, 11) is 4.71. The number of carbonyl (C=O) groups is 1. The second-order valence-electron chi connectivity index (χ2n) is 6.17. The fraction of sp³-hybridized carbons (Fsp3) is 0.842. The second-order valence-corrected chi connectivity index (χ2v) is 6.17. The molecule has 24 heavy (non-hydrogen) atoms. The summed E-state index contributed by atoms with van der Waals surface area (Å²) in [6, 6.07) is 0. The highest BCUT2D eigenvalue weighted by molar-refractivity contribution is 5.86. The first-order valence-electron chi connectivity index (χ1n) is 8.95. The van der Waals surface area contributed by atoms with Gasteiger partial charge in [0.25, 0.3) is 5.97 Å². The first-order chi connectivity index (χ1) is 11.5. The summed E-state index contributed by atoms with van der Waals surface area (Å²) in [5.41, 5.74) is 0.402. The monoisotopic (exact) mass is 344 g/mol.